The van der Waals surface area contributed by atoms with Crippen molar-refractivity contribution in [3.63, 3.8) is 0 Å². The minimum Gasteiger partial charge on any atom is -0.382 e. The van der Waals surface area contributed by atoms with Crippen LogP contribution in [0.5, 0.6) is 0 Å². The molecule has 7 heteroatoms. The van der Waals surface area contributed by atoms with Crippen LogP contribution in [0.1, 0.15) is 30.2 Å². The van der Waals surface area contributed by atoms with Crippen LogP contribution in [0.2, 0.25) is 0 Å². The molecule has 0 bridgehead atoms. The quantitative estimate of drug-likeness (QED) is 0.334. The average Bonchev–Trinajstić information content (AvgIpc) is 3.12. The number of nitrogens with zero attached hydrogens (tertiary/aromatic N) is 5. The van der Waals surface area contributed by atoms with E-state index < -0.39 is 0 Å². The average molecular weight is 416 g/mol. The molecule has 160 valence electrons. The van der Waals surface area contributed by atoms with E-state index in [0.29, 0.717) is 30.0 Å². The lowest BCUT2D eigenvalue weighted by molar-refractivity contribution is 0.476. The summed E-state index contributed by atoms with van der Waals surface area (Å²) in [5, 5.41) is 17.5. The molecule has 0 amide bonds. The molecule has 1 aromatic heterocycles. The number of nitrogen functional groups attached to an aromatic ring is 1. The number of nitrogens with one attached hydrogen (secondary N) is 1. The van der Waals surface area contributed by atoms with Crippen LogP contribution in [0.25, 0.3) is 5.69 Å². The zero-order valence-electron chi connectivity index (χ0n) is 18.1. The van der Waals surface area contributed by atoms with Gasteiger partial charge in [-0.2, -0.15) is 10.4 Å². The Kier molecular flexibility index (Phi) is 7.66. The fraction of sp³-hybridized carbons (Fsp3) is 0.292. The number of aliphatic imine (C=N–C) groups is 1. The van der Waals surface area contributed by atoms with Gasteiger partial charge in [0, 0.05) is 26.7 Å². The molecule has 2 aromatic carbocycles. The summed E-state index contributed by atoms with van der Waals surface area (Å²) >= 11 is 0. The summed E-state index contributed by atoms with van der Waals surface area (Å²) in [6, 6.07) is 22.1. The first kappa shape index (κ1) is 21.9. The molecule has 0 saturated heterocycles. The van der Waals surface area contributed by atoms with Crippen LogP contribution in [0.4, 0.5) is 5.82 Å². The smallest absolute Gasteiger partial charge is 0.193 e. The summed E-state index contributed by atoms with van der Waals surface area (Å²) in [6.45, 7) is 4.27. The minimum atomic E-state index is 0.378. The maximum Gasteiger partial charge on any atom is 0.193 e. The van der Waals surface area contributed by atoms with E-state index >= 15 is 0 Å². The Hall–Kier alpha value is -3.79. The van der Waals surface area contributed by atoms with E-state index in [-0.39, 0.29) is 0 Å². The number of benzene rings is 2. The van der Waals surface area contributed by atoms with E-state index in [0.717, 1.165) is 31.2 Å². The van der Waals surface area contributed by atoms with E-state index in [4.69, 9.17) is 10.7 Å². The topological polar surface area (TPSA) is 95.3 Å². The fourth-order valence-corrected chi connectivity index (χ4v) is 3.37. The van der Waals surface area contributed by atoms with Gasteiger partial charge in [0.2, 0.25) is 0 Å². The van der Waals surface area contributed by atoms with Crippen LogP contribution in [0, 0.1) is 11.3 Å². The van der Waals surface area contributed by atoms with Gasteiger partial charge < -0.3 is 16.0 Å². The molecule has 0 saturated carbocycles. The second-order valence-electron chi connectivity index (χ2n) is 7.25. The van der Waals surface area contributed by atoms with E-state index in [1.54, 1.807) is 4.68 Å². The van der Waals surface area contributed by atoms with Crippen molar-refractivity contribution in [2.75, 3.05) is 25.9 Å². The van der Waals surface area contributed by atoms with Crippen molar-refractivity contribution in [1.82, 2.24) is 20.0 Å². The van der Waals surface area contributed by atoms with Gasteiger partial charge >= 0.3 is 0 Å². The van der Waals surface area contributed by atoms with Gasteiger partial charge in [0.15, 0.2) is 5.96 Å². The predicted octanol–water partition coefficient (Wildman–Crippen LogP) is 3.36. The number of guanidine groups is 1. The first-order chi connectivity index (χ1) is 15.1. The second kappa shape index (κ2) is 10.8. The molecule has 0 aliphatic rings. The van der Waals surface area contributed by atoms with Crippen LogP contribution in [-0.4, -0.2) is 40.8 Å². The number of anilines is 1. The van der Waals surface area contributed by atoms with Crippen LogP contribution < -0.4 is 11.1 Å². The van der Waals surface area contributed by atoms with Crippen molar-refractivity contribution in [2.45, 2.75) is 26.3 Å². The second-order valence-corrected chi connectivity index (χ2v) is 7.25. The fourth-order valence-electron chi connectivity index (χ4n) is 3.37. The Bertz CT molecular complexity index is 1030. The Morgan fingerprint density at radius 3 is 2.48 bits per heavy atom. The van der Waals surface area contributed by atoms with Crippen LogP contribution in [0.15, 0.2) is 65.7 Å². The number of nitrogens with two attached hydrogens (primary N) is 1. The Balaban J connectivity index is 1.65. The molecular formula is C24H29N7. The number of para-hydroxylation sites is 1. The maximum atomic E-state index is 9.56. The largest absolute Gasteiger partial charge is 0.382 e. The van der Waals surface area contributed by atoms with Gasteiger partial charge in [-0.05, 0) is 37.5 Å². The maximum absolute atomic E-state index is 9.56. The molecule has 0 spiro atoms. The van der Waals surface area contributed by atoms with Crippen molar-refractivity contribution in [3.05, 3.63) is 77.5 Å². The molecule has 3 rings (SSSR count). The van der Waals surface area contributed by atoms with Crippen molar-refractivity contribution in [1.29, 1.82) is 5.26 Å². The molecule has 31 heavy (non-hydrogen) atoms. The first-order valence-electron chi connectivity index (χ1n) is 10.5. The van der Waals surface area contributed by atoms with Gasteiger partial charge in [-0.15, -0.1) is 0 Å². The lowest BCUT2D eigenvalue weighted by Crippen LogP contribution is -2.38. The van der Waals surface area contributed by atoms with Crippen molar-refractivity contribution in [3.8, 4) is 11.8 Å². The summed E-state index contributed by atoms with van der Waals surface area (Å²) in [5.41, 5.74) is 9.42. The Morgan fingerprint density at radius 1 is 1.16 bits per heavy atom. The molecule has 3 aromatic rings. The summed E-state index contributed by atoms with van der Waals surface area (Å²) in [7, 11) is 2.03. The highest BCUT2D eigenvalue weighted by Crippen LogP contribution is 2.21. The third-order valence-electron chi connectivity index (χ3n) is 4.90. The highest BCUT2D eigenvalue weighted by molar-refractivity contribution is 5.79. The van der Waals surface area contributed by atoms with Gasteiger partial charge in [0.1, 0.15) is 17.5 Å². The van der Waals surface area contributed by atoms with Crippen molar-refractivity contribution >= 4 is 11.8 Å². The summed E-state index contributed by atoms with van der Waals surface area (Å²) in [5.74, 6) is 1.24. The normalized spacial score (nSPS) is 11.2. The molecule has 0 fully saturated rings. The zero-order chi connectivity index (χ0) is 22.1. The van der Waals surface area contributed by atoms with E-state index in [1.165, 1.54) is 5.56 Å². The van der Waals surface area contributed by atoms with Gasteiger partial charge in [-0.25, -0.2) is 4.68 Å². The van der Waals surface area contributed by atoms with Gasteiger partial charge in [0.25, 0.3) is 0 Å². The summed E-state index contributed by atoms with van der Waals surface area (Å²) < 4.78 is 1.63. The van der Waals surface area contributed by atoms with E-state index in [1.807, 2.05) is 55.6 Å². The number of rotatable bonds is 8. The molecule has 0 atom stereocenters. The van der Waals surface area contributed by atoms with Gasteiger partial charge in [-0.3, -0.25) is 4.99 Å². The molecule has 0 radical (unpaired) electrons. The Morgan fingerprint density at radius 2 is 1.84 bits per heavy atom. The van der Waals surface area contributed by atoms with Crippen molar-refractivity contribution < 1.29 is 0 Å². The summed E-state index contributed by atoms with van der Waals surface area (Å²) in [4.78, 5) is 6.86. The van der Waals surface area contributed by atoms with Gasteiger partial charge in [0.05, 0.1) is 11.4 Å². The van der Waals surface area contributed by atoms with E-state index in [2.05, 4.69) is 40.4 Å². The molecular weight excluding hydrogens is 386 g/mol. The highest BCUT2D eigenvalue weighted by Gasteiger charge is 2.16. The van der Waals surface area contributed by atoms with Crippen LogP contribution in [0.3, 0.4) is 0 Å². The molecule has 7 nitrogen and oxygen atoms in total. The first-order valence-corrected chi connectivity index (χ1v) is 10.5. The third kappa shape index (κ3) is 5.64. The SMILES string of the molecule is CCNC(=NCCCc1nn(-c2ccccc2)c(N)c1C#N)N(C)Cc1ccccc1. The van der Waals surface area contributed by atoms with Gasteiger partial charge in [-0.1, -0.05) is 48.5 Å². The number of nitriles is 1. The highest BCUT2D eigenvalue weighted by atomic mass is 15.3. The zero-order valence-corrected chi connectivity index (χ0v) is 18.1. The lowest BCUT2D eigenvalue weighted by Gasteiger charge is -2.22. The standard InChI is InChI=1S/C24H29N7/c1-3-27-24(30(2)18-19-11-6-4-7-12-19)28-16-10-15-22-21(17-25)23(26)31(29-22)20-13-8-5-9-14-20/h4-9,11-14H,3,10,15-16,18,26H2,1-2H3,(H,27,28). The third-order valence-corrected chi connectivity index (χ3v) is 4.90. The minimum absolute atomic E-state index is 0.378. The van der Waals surface area contributed by atoms with Crippen LogP contribution in [-0.2, 0) is 13.0 Å². The number of hydrogen-bond acceptors (Lipinski definition) is 4. The predicted molar refractivity (Wildman–Crippen MR) is 125 cm³/mol. The number of aromatic nitrogens is 2. The number of hydrogen-bond donors (Lipinski definition) is 2. The molecule has 1 heterocycles. The molecule has 0 aliphatic heterocycles. The molecule has 3 N–H and O–H groups in total. The Labute approximate surface area is 183 Å². The number of aryl methyl sites for hydroxylation is 1. The summed E-state index contributed by atoms with van der Waals surface area (Å²) in [6.07, 6.45) is 1.41. The van der Waals surface area contributed by atoms with Crippen LogP contribution >= 0.6 is 0 Å². The lowest BCUT2D eigenvalue weighted by atomic mass is 10.1. The van der Waals surface area contributed by atoms with E-state index in [9.17, 15) is 5.26 Å². The molecule has 0 aliphatic carbocycles. The monoisotopic (exact) mass is 415 g/mol. The molecule has 0 unspecified atom stereocenters. The van der Waals surface area contributed by atoms with Crippen molar-refractivity contribution in [2.24, 2.45) is 4.99 Å².